The number of hydrogen-bond donors (Lipinski definition) is 5. The lowest BCUT2D eigenvalue weighted by molar-refractivity contribution is -0.136. The Morgan fingerprint density at radius 3 is 1.86 bits per heavy atom. The molecule has 0 heterocycles. The summed E-state index contributed by atoms with van der Waals surface area (Å²) in [6.07, 6.45) is 0.490. The van der Waals surface area contributed by atoms with Crippen LogP contribution in [0.4, 0.5) is 11.4 Å². The highest BCUT2D eigenvalue weighted by Crippen LogP contribution is 2.27. The van der Waals surface area contributed by atoms with Gasteiger partial charge in [-0.1, -0.05) is 42.5 Å². The number of hydrogen-bond acceptors (Lipinski definition) is 5. The number of aryl methyl sites for hydroxylation is 1. The third-order valence-electron chi connectivity index (χ3n) is 4.63. The highest BCUT2D eigenvalue weighted by atomic mass is 16.4. The summed E-state index contributed by atoms with van der Waals surface area (Å²) in [5.74, 6) is -0.400. The Morgan fingerprint density at radius 2 is 1.31 bits per heavy atom. The van der Waals surface area contributed by atoms with Gasteiger partial charge in [-0.15, -0.1) is 0 Å². The van der Waals surface area contributed by atoms with E-state index in [1.807, 2.05) is 42.5 Å². The Morgan fingerprint density at radius 1 is 0.759 bits per heavy atom. The van der Waals surface area contributed by atoms with Crippen LogP contribution in [0.3, 0.4) is 0 Å². The van der Waals surface area contributed by atoms with Gasteiger partial charge >= 0.3 is 5.97 Å². The molecule has 0 amide bonds. The zero-order chi connectivity index (χ0) is 20.6. The number of para-hydroxylation sites is 2. The van der Waals surface area contributed by atoms with Crippen LogP contribution < -0.4 is 10.6 Å². The maximum absolute atomic E-state index is 10.9. The molecule has 3 aromatic carbocycles. The standard InChI is InChI=1S/C23H24N2O4/c26-21-7-3-1-5-17(21)14-24-19-11-9-16(10-12-23(28)29)13-20(19)25-15-18-6-2-4-8-22(18)27/h1-9,11,13,24-27H,10,12,14-15H2,(H,28,29). The lowest BCUT2D eigenvalue weighted by atomic mass is 10.1. The average molecular weight is 392 g/mol. The molecule has 0 radical (unpaired) electrons. The predicted molar refractivity (Wildman–Crippen MR) is 113 cm³/mol. The van der Waals surface area contributed by atoms with Crippen LogP contribution in [0.15, 0.2) is 66.7 Å². The van der Waals surface area contributed by atoms with E-state index < -0.39 is 5.97 Å². The number of carboxylic acids is 1. The Hall–Kier alpha value is -3.67. The number of anilines is 2. The fourth-order valence-corrected chi connectivity index (χ4v) is 3.00. The molecule has 0 saturated carbocycles. The first kappa shape index (κ1) is 20.1. The molecule has 0 spiro atoms. The van der Waals surface area contributed by atoms with E-state index in [1.165, 1.54) is 0 Å². The Bertz CT molecular complexity index is 988. The summed E-state index contributed by atoms with van der Waals surface area (Å²) in [4.78, 5) is 10.9. The third-order valence-corrected chi connectivity index (χ3v) is 4.63. The van der Waals surface area contributed by atoms with Crippen molar-refractivity contribution in [3.8, 4) is 11.5 Å². The maximum Gasteiger partial charge on any atom is 0.303 e. The lowest BCUT2D eigenvalue weighted by Gasteiger charge is -2.16. The van der Waals surface area contributed by atoms with Gasteiger partial charge in [-0.3, -0.25) is 4.79 Å². The Balaban J connectivity index is 1.78. The number of aromatic hydroxyl groups is 2. The predicted octanol–water partition coefficient (Wildman–Crippen LogP) is 4.34. The van der Waals surface area contributed by atoms with Gasteiger partial charge in [-0.25, -0.2) is 0 Å². The minimum Gasteiger partial charge on any atom is -0.508 e. The number of nitrogens with one attached hydrogen (secondary N) is 2. The largest absolute Gasteiger partial charge is 0.508 e. The zero-order valence-corrected chi connectivity index (χ0v) is 15.9. The molecular formula is C23H24N2O4. The van der Waals surface area contributed by atoms with Crippen molar-refractivity contribution in [3.63, 3.8) is 0 Å². The highest BCUT2D eigenvalue weighted by molar-refractivity contribution is 5.71. The number of benzene rings is 3. The quantitative estimate of drug-likeness (QED) is 0.371. The monoisotopic (exact) mass is 392 g/mol. The van der Waals surface area contributed by atoms with E-state index in [4.69, 9.17) is 5.11 Å². The molecule has 3 aromatic rings. The first-order chi connectivity index (χ1) is 14.0. The van der Waals surface area contributed by atoms with E-state index in [0.29, 0.717) is 19.5 Å². The normalized spacial score (nSPS) is 10.5. The van der Waals surface area contributed by atoms with Gasteiger partial charge in [-0.05, 0) is 36.2 Å². The van der Waals surface area contributed by atoms with Gasteiger partial charge in [0.25, 0.3) is 0 Å². The molecule has 0 saturated heterocycles. The maximum atomic E-state index is 10.9. The van der Waals surface area contributed by atoms with Crippen molar-refractivity contribution in [2.45, 2.75) is 25.9 Å². The van der Waals surface area contributed by atoms with Gasteiger partial charge in [-0.2, -0.15) is 0 Å². The molecule has 3 rings (SSSR count). The van der Waals surface area contributed by atoms with E-state index in [1.54, 1.807) is 24.3 Å². The number of rotatable bonds is 9. The van der Waals surface area contributed by atoms with Gasteiger partial charge in [0.2, 0.25) is 0 Å². The molecule has 6 nitrogen and oxygen atoms in total. The fourth-order valence-electron chi connectivity index (χ4n) is 3.00. The first-order valence-corrected chi connectivity index (χ1v) is 9.39. The van der Waals surface area contributed by atoms with Crippen molar-refractivity contribution in [2.75, 3.05) is 10.6 Å². The van der Waals surface area contributed by atoms with Crippen molar-refractivity contribution < 1.29 is 20.1 Å². The number of carboxylic acid groups (broad SMARTS) is 1. The zero-order valence-electron chi connectivity index (χ0n) is 15.9. The average Bonchev–Trinajstić information content (AvgIpc) is 2.71. The number of aliphatic carboxylic acids is 1. The number of carbonyl (C=O) groups is 1. The Kier molecular flexibility index (Phi) is 6.58. The molecule has 0 bridgehead atoms. The van der Waals surface area contributed by atoms with E-state index in [2.05, 4.69) is 10.6 Å². The van der Waals surface area contributed by atoms with Crippen molar-refractivity contribution in [3.05, 3.63) is 83.4 Å². The molecule has 0 atom stereocenters. The highest BCUT2D eigenvalue weighted by Gasteiger charge is 2.08. The van der Waals surface area contributed by atoms with Crippen LogP contribution >= 0.6 is 0 Å². The van der Waals surface area contributed by atoms with E-state index in [-0.39, 0.29) is 17.9 Å². The van der Waals surface area contributed by atoms with E-state index >= 15 is 0 Å². The van der Waals surface area contributed by atoms with Crippen LogP contribution in [0.5, 0.6) is 11.5 Å². The van der Waals surface area contributed by atoms with Gasteiger partial charge in [0.05, 0.1) is 11.4 Å². The molecule has 150 valence electrons. The van der Waals surface area contributed by atoms with Gasteiger partial charge < -0.3 is 26.0 Å². The molecule has 0 fully saturated rings. The van der Waals surface area contributed by atoms with Crippen LogP contribution in [0.1, 0.15) is 23.1 Å². The summed E-state index contributed by atoms with van der Waals surface area (Å²) in [6, 6.07) is 19.9. The molecule has 0 aromatic heterocycles. The van der Waals surface area contributed by atoms with E-state index in [9.17, 15) is 15.0 Å². The summed E-state index contributed by atoms with van der Waals surface area (Å²) in [7, 11) is 0. The van der Waals surface area contributed by atoms with Crippen molar-refractivity contribution in [2.24, 2.45) is 0 Å². The van der Waals surface area contributed by atoms with E-state index in [0.717, 1.165) is 28.1 Å². The van der Waals surface area contributed by atoms with Crippen LogP contribution in [0, 0.1) is 0 Å². The van der Waals surface area contributed by atoms with Crippen LogP contribution in [-0.4, -0.2) is 21.3 Å². The second-order valence-corrected chi connectivity index (χ2v) is 6.74. The summed E-state index contributed by atoms with van der Waals surface area (Å²) in [5, 5.41) is 35.5. The van der Waals surface area contributed by atoms with Crippen molar-refractivity contribution >= 4 is 17.3 Å². The molecule has 0 aliphatic rings. The summed E-state index contributed by atoms with van der Waals surface area (Å²) in [6.45, 7) is 0.854. The molecule has 6 heteroatoms. The SMILES string of the molecule is O=C(O)CCc1ccc(NCc2ccccc2O)c(NCc2ccccc2O)c1. The second kappa shape index (κ2) is 9.50. The Labute approximate surface area is 169 Å². The smallest absolute Gasteiger partial charge is 0.303 e. The molecule has 5 N–H and O–H groups in total. The third kappa shape index (κ3) is 5.65. The lowest BCUT2D eigenvalue weighted by Crippen LogP contribution is -2.07. The molecule has 0 aliphatic heterocycles. The van der Waals surface area contributed by atoms with Crippen LogP contribution in [0.2, 0.25) is 0 Å². The van der Waals surface area contributed by atoms with Gasteiger partial charge in [0.15, 0.2) is 0 Å². The van der Waals surface area contributed by atoms with Gasteiger partial charge in [0.1, 0.15) is 11.5 Å². The summed E-state index contributed by atoms with van der Waals surface area (Å²) >= 11 is 0. The van der Waals surface area contributed by atoms with Crippen molar-refractivity contribution in [1.82, 2.24) is 0 Å². The minimum absolute atomic E-state index is 0.0591. The molecule has 29 heavy (non-hydrogen) atoms. The summed E-state index contributed by atoms with van der Waals surface area (Å²) < 4.78 is 0. The minimum atomic E-state index is -0.838. The van der Waals surface area contributed by atoms with Gasteiger partial charge in [0, 0.05) is 30.6 Å². The first-order valence-electron chi connectivity index (χ1n) is 9.39. The second-order valence-electron chi connectivity index (χ2n) is 6.74. The molecular weight excluding hydrogens is 368 g/mol. The number of phenols is 2. The van der Waals surface area contributed by atoms with Crippen LogP contribution in [-0.2, 0) is 24.3 Å². The topological polar surface area (TPSA) is 102 Å². The number of phenolic OH excluding ortho intramolecular Hbond substituents is 2. The summed E-state index contributed by atoms with van der Waals surface area (Å²) in [5.41, 5.74) is 4.05. The fraction of sp³-hybridized carbons (Fsp3) is 0.174. The molecule has 0 aliphatic carbocycles. The molecule has 0 unspecified atom stereocenters. The van der Waals surface area contributed by atoms with Crippen molar-refractivity contribution in [1.29, 1.82) is 0 Å². The van der Waals surface area contributed by atoms with Crippen LogP contribution in [0.25, 0.3) is 0 Å².